The van der Waals surface area contributed by atoms with Gasteiger partial charge in [0, 0.05) is 5.56 Å². The first kappa shape index (κ1) is 24.2. The van der Waals surface area contributed by atoms with Crippen molar-refractivity contribution in [1.29, 1.82) is 0 Å². The van der Waals surface area contributed by atoms with Crippen LogP contribution in [-0.4, -0.2) is 69.6 Å². The molecule has 2 fully saturated rings. The predicted molar refractivity (Wildman–Crippen MR) is 125 cm³/mol. The number of hydrogen-bond donors (Lipinski definition) is 2. The fourth-order valence-electron chi connectivity index (χ4n) is 4.19. The molecule has 5 rings (SSSR count). The van der Waals surface area contributed by atoms with Crippen LogP contribution >= 0.6 is 0 Å². The second kappa shape index (κ2) is 8.89. The predicted octanol–water partition coefficient (Wildman–Crippen LogP) is 0.962. The Hall–Kier alpha value is -3.46. The molecule has 1 aromatic carbocycles. The van der Waals surface area contributed by atoms with E-state index in [9.17, 15) is 18.0 Å². The molecular weight excluding hydrogens is 492 g/mol. The summed E-state index contributed by atoms with van der Waals surface area (Å²) in [6, 6.07) is 8.63. The van der Waals surface area contributed by atoms with Gasteiger partial charge in [-0.05, 0) is 32.9 Å². The Morgan fingerprint density at radius 3 is 2.53 bits per heavy atom. The number of ether oxygens (including phenoxy) is 3. The fraction of sp³-hybridized carbons (Fsp3) is 0.409. The maximum absolute atomic E-state index is 12.8. The molecule has 0 bridgehead atoms. The van der Waals surface area contributed by atoms with E-state index in [0.717, 1.165) is 0 Å². The molecule has 0 aliphatic carbocycles. The number of fused-ring (bicyclic) bond motifs is 2. The first-order valence-electron chi connectivity index (χ1n) is 11.2. The molecule has 3 aromatic rings. The standard InChI is InChI=1S/C22H24N6O7S/c1-4-36(31,32)27-20(30)15-14-16(35-22(2,3)34-14)21(33-15)28-11-25-13-17(23-10-24-18(13)28)26-19(29)12-8-6-5-7-9-12/h5-11,14-16,21H,4H2,1-3H3,(H,27,30)(H,23,24,26,29)/t14-,15+,16-,21-/m1/s1. The number of sulfonamides is 1. The topological polar surface area (TPSA) is 164 Å². The van der Waals surface area contributed by atoms with Crippen LogP contribution < -0.4 is 10.0 Å². The van der Waals surface area contributed by atoms with Gasteiger partial charge in [0.25, 0.3) is 11.8 Å². The monoisotopic (exact) mass is 516 g/mol. The molecular formula is C22H24N6O7S. The molecule has 0 unspecified atom stereocenters. The van der Waals surface area contributed by atoms with E-state index in [-0.39, 0.29) is 17.5 Å². The number of anilines is 1. The van der Waals surface area contributed by atoms with Gasteiger partial charge in [-0.1, -0.05) is 18.2 Å². The van der Waals surface area contributed by atoms with Crippen LogP contribution in [0.25, 0.3) is 11.2 Å². The Morgan fingerprint density at radius 2 is 1.81 bits per heavy atom. The van der Waals surface area contributed by atoms with Crippen LogP contribution in [0.5, 0.6) is 0 Å². The van der Waals surface area contributed by atoms with Crippen LogP contribution in [-0.2, 0) is 29.0 Å². The van der Waals surface area contributed by atoms with Gasteiger partial charge in [0.05, 0.1) is 12.1 Å². The van der Waals surface area contributed by atoms with Crippen molar-refractivity contribution in [3.63, 3.8) is 0 Å². The van der Waals surface area contributed by atoms with Crippen molar-refractivity contribution in [1.82, 2.24) is 24.2 Å². The molecule has 2 amide bonds. The number of benzene rings is 1. The summed E-state index contributed by atoms with van der Waals surface area (Å²) >= 11 is 0. The number of imidazole rings is 1. The Labute approximate surface area is 206 Å². The highest BCUT2D eigenvalue weighted by Gasteiger charge is 2.58. The van der Waals surface area contributed by atoms with Crippen molar-refractivity contribution >= 4 is 38.8 Å². The van der Waals surface area contributed by atoms with E-state index in [1.807, 2.05) is 4.72 Å². The highest BCUT2D eigenvalue weighted by Crippen LogP contribution is 2.44. The molecule has 2 saturated heterocycles. The first-order chi connectivity index (χ1) is 17.1. The van der Waals surface area contributed by atoms with Crippen molar-refractivity contribution in [2.75, 3.05) is 11.1 Å². The van der Waals surface area contributed by atoms with Gasteiger partial charge in [0.1, 0.15) is 18.5 Å². The molecule has 2 aliphatic heterocycles. The molecule has 0 spiro atoms. The molecule has 36 heavy (non-hydrogen) atoms. The number of aromatic nitrogens is 4. The zero-order chi connectivity index (χ0) is 25.7. The van der Waals surface area contributed by atoms with Gasteiger partial charge in [-0.3, -0.25) is 18.9 Å². The molecule has 0 radical (unpaired) electrons. The SMILES string of the molecule is CCS(=O)(=O)NC(=O)[C@H]1O[C@@H](n2cnc3c(NC(=O)c4ccccc4)ncnc32)[C@@H]2OC(C)(C)O[C@@H]21. The van der Waals surface area contributed by atoms with Gasteiger partial charge in [-0.15, -0.1) is 0 Å². The molecule has 13 nitrogen and oxygen atoms in total. The normalized spacial score (nSPS) is 25.0. The quantitative estimate of drug-likeness (QED) is 0.482. The second-order valence-electron chi connectivity index (χ2n) is 8.75. The first-order valence-corrected chi connectivity index (χ1v) is 12.8. The third-order valence-corrected chi connectivity index (χ3v) is 7.10. The molecule has 190 valence electrons. The van der Waals surface area contributed by atoms with Crippen LogP contribution in [0.3, 0.4) is 0 Å². The number of nitrogens with zero attached hydrogens (tertiary/aromatic N) is 4. The van der Waals surface area contributed by atoms with Crippen molar-refractivity contribution in [3.05, 3.63) is 48.5 Å². The molecule has 4 atom stereocenters. The van der Waals surface area contributed by atoms with Crippen LogP contribution in [0.1, 0.15) is 37.4 Å². The van der Waals surface area contributed by atoms with E-state index >= 15 is 0 Å². The van der Waals surface area contributed by atoms with E-state index in [2.05, 4.69) is 20.3 Å². The summed E-state index contributed by atoms with van der Waals surface area (Å²) in [7, 11) is -3.82. The van der Waals surface area contributed by atoms with Gasteiger partial charge < -0.3 is 19.5 Å². The largest absolute Gasteiger partial charge is 0.341 e. The lowest BCUT2D eigenvalue weighted by Gasteiger charge is -2.24. The van der Waals surface area contributed by atoms with E-state index in [4.69, 9.17) is 14.2 Å². The van der Waals surface area contributed by atoms with Gasteiger partial charge >= 0.3 is 0 Å². The Morgan fingerprint density at radius 1 is 1.08 bits per heavy atom. The minimum atomic E-state index is -3.82. The van der Waals surface area contributed by atoms with E-state index in [1.165, 1.54) is 19.6 Å². The smallest absolute Gasteiger partial charge is 0.265 e. The zero-order valence-electron chi connectivity index (χ0n) is 19.6. The van der Waals surface area contributed by atoms with Crippen LogP contribution in [0, 0.1) is 0 Å². The number of carbonyl (C=O) groups is 2. The third-order valence-electron chi connectivity index (χ3n) is 5.82. The van der Waals surface area contributed by atoms with Crippen molar-refractivity contribution in [3.8, 4) is 0 Å². The van der Waals surface area contributed by atoms with Crippen LogP contribution in [0.2, 0.25) is 0 Å². The minimum absolute atomic E-state index is 0.189. The van der Waals surface area contributed by atoms with E-state index < -0.39 is 46.3 Å². The summed E-state index contributed by atoms with van der Waals surface area (Å²) in [5.41, 5.74) is 1.05. The summed E-state index contributed by atoms with van der Waals surface area (Å²) in [4.78, 5) is 38.2. The highest BCUT2D eigenvalue weighted by molar-refractivity contribution is 7.90. The Kier molecular flexibility index (Phi) is 5.98. The lowest BCUT2D eigenvalue weighted by atomic mass is 10.1. The summed E-state index contributed by atoms with van der Waals surface area (Å²) in [5, 5.41) is 2.73. The summed E-state index contributed by atoms with van der Waals surface area (Å²) in [5.74, 6) is -2.35. The lowest BCUT2D eigenvalue weighted by molar-refractivity contribution is -0.197. The van der Waals surface area contributed by atoms with Crippen LogP contribution in [0.4, 0.5) is 5.82 Å². The number of rotatable bonds is 6. The highest BCUT2D eigenvalue weighted by atomic mass is 32.2. The number of carbonyl (C=O) groups excluding carboxylic acids is 2. The number of amides is 2. The Bertz CT molecular complexity index is 1430. The van der Waals surface area contributed by atoms with Crippen molar-refractivity contribution in [2.45, 2.75) is 51.1 Å². The van der Waals surface area contributed by atoms with Gasteiger partial charge in [-0.2, -0.15) is 0 Å². The molecule has 2 aliphatic rings. The maximum Gasteiger partial charge on any atom is 0.265 e. The average Bonchev–Trinajstić information content (AvgIpc) is 3.50. The van der Waals surface area contributed by atoms with Crippen molar-refractivity contribution < 1.29 is 32.2 Å². The average molecular weight is 517 g/mol. The molecule has 0 saturated carbocycles. The van der Waals surface area contributed by atoms with E-state index in [1.54, 1.807) is 48.7 Å². The third kappa shape index (κ3) is 4.43. The number of nitrogens with one attached hydrogen (secondary N) is 2. The zero-order valence-corrected chi connectivity index (χ0v) is 20.4. The fourth-order valence-corrected chi connectivity index (χ4v) is 4.76. The van der Waals surface area contributed by atoms with Gasteiger partial charge in [-0.25, -0.2) is 23.4 Å². The lowest BCUT2D eigenvalue weighted by Crippen LogP contribution is -2.45. The van der Waals surface area contributed by atoms with Gasteiger partial charge in [0.15, 0.2) is 35.1 Å². The number of hydrogen-bond acceptors (Lipinski definition) is 10. The maximum atomic E-state index is 12.8. The summed E-state index contributed by atoms with van der Waals surface area (Å²) < 4.78 is 45.4. The molecule has 14 heteroatoms. The van der Waals surface area contributed by atoms with Crippen molar-refractivity contribution in [2.24, 2.45) is 0 Å². The molecule has 4 heterocycles. The van der Waals surface area contributed by atoms with E-state index in [0.29, 0.717) is 16.7 Å². The minimum Gasteiger partial charge on any atom is -0.341 e. The second-order valence-corrected chi connectivity index (χ2v) is 10.8. The Balaban J connectivity index is 1.46. The molecule has 2 aromatic heterocycles. The summed E-state index contributed by atoms with van der Waals surface area (Å²) in [6.45, 7) is 4.79. The summed E-state index contributed by atoms with van der Waals surface area (Å²) in [6.07, 6.45) is -1.14. The van der Waals surface area contributed by atoms with Crippen LogP contribution in [0.15, 0.2) is 43.0 Å². The van der Waals surface area contributed by atoms with Gasteiger partial charge in [0.2, 0.25) is 10.0 Å². The molecule has 2 N–H and O–H groups in total.